The number of rotatable bonds is 5. The van der Waals surface area contributed by atoms with Gasteiger partial charge in [-0.05, 0) is 61.9 Å². The molecule has 0 amide bonds. The smallest absolute Gasteiger partial charge is 0.135 e. The van der Waals surface area contributed by atoms with Crippen molar-refractivity contribution in [2.45, 2.75) is 46.0 Å². The van der Waals surface area contributed by atoms with Gasteiger partial charge in [0.15, 0.2) is 0 Å². The first-order valence-corrected chi connectivity index (χ1v) is 7.47. The number of hydrogen-bond donors (Lipinski definition) is 1. The highest BCUT2D eigenvalue weighted by molar-refractivity contribution is 5.84. The summed E-state index contributed by atoms with van der Waals surface area (Å²) in [5.74, 6) is 2.57. The second-order valence-electron chi connectivity index (χ2n) is 5.69. The first-order chi connectivity index (χ1) is 10.1. The molecular formula is C17H21N3O. The van der Waals surface area contributed by atoms with Crippen molar-refractivity contribution in [1.82, 2.24) is 9.97 Å². The summed E-state index contributed by atoms with van der Waals surface area (Å²) in [7, 11) is 0. The number of allylic oxidation sites excluding steroid dienone is 2. The molecule has 1 aliphatic rings. The number of imidazole rings is 1. The van der Waals surface area contributed by atoms with E-state index in [1.165, 1.54) is 18.4 Å². The van der Waals surface area contributed by atoms with Crippen LogP contribution >= 0.6 is 0 Å². The van der Waals surface area contributed by atoms with Crippen molar-refractivity contribution in [3.63, 3.8) is 0 Å². The zero-order chi connectivity index (χ0) is 15.0. The van der Waals surface area contributed by atoms with Gasteiger partial charge >= 0.3 is 0 Å². The van der Waals surface area contributed by atoms with Gasteiger partial charge in [-0.15, -0.1) is 0 Å². The predicted octanol–water partition coefficient (Wildman–Crippen LogP) is 4.52. The fraction of sp³-hybridized carbons (Fsp3) is 0.412. The summed E-state index contributed by atoms with van der Waals surface area (Å²) in [6, 6.07) is 4.34. The van der Waals surface area contributed by atoms with Crippen LogP contribution in [0.5, 0.6) is 0 Å². The molecule has 0 unspecified atom stereocenters. The van der Waals surface area contributed by atoms with Crippen molar-refractivity contribution in [3.05, 3.63) is 34.8 Å². The standard InChI is InChI=1S/C17H21N3O/c1-5-14(11(3)21-18-4)13-8-10(2)16-15(9-13)19-17(20-16)12-6-7-12/h8-9,12H,4-7H2,1-3H3,(H,19,20)/b14-11+. The fourth-order valence-electron chi connectivity index (χ4n) is 2.84. The average Bonchev–Trinajstić information content (AvgIpc) is 3.20. The second kappa shape index (κ2) is 5.35. The molecule has 1 saturated carbocycles. The van der Waals surface area contributed by atoms with E-state index in [0.717, 1.165) is 40.2 Å². The van der Waals surface area contributed by atoms with Gasteiger partial charge in [0, 0.05) is 12.6 Å². The van der Waals surface area contributed by atoms with Crippen LogP contribution in [0.2, 0.25) is 0 Å². The van der Waals surface area contributed by atoms with Crippen LogP contribution in [0, 0.1) is 6.92 Å². The first-order valence-electron chi connectivity index (χ1n) is 7.47. The quantitative estimate of drug-likeness (QED) is 0.498. The van der Waals surface area contributed by atoms with Crippen LogP contribution in [-0.2, 0) is 4.84 Å². The lowest BCUT2D eigenvalue weighted by Gasteiger charge is -2.10. The lowest BCUT2D eigenvalue weighted by Crippen LogP contribution is -1.92. The minimum absolute atomic E-state index is 0.636. The average molecular weight is 283 g/mol. The molecule has 1 aromatic carbocycles. The highest BCUT2D eigenvalue weighted by Gasteiger charge is 2.27. The van der Waals surface area contributed by atoms with Gasteiger partial charge in [0.2, 0.25) is 0 Å². The Hall–Kier alpha value is -2.10. The number of aryl methyl sites for hydroxylation is 1. The van der Waals surface area contributed by atoms with E-state index >= 15 is 0 Å². The van der Waals surface area contributed by atoms with Gasteiger partial charge in [0.05, 0.1) is 11.0 Å². The maximum Gasteiger partial charge on any atom is 0.135 e. The molecule has 21 heavy (non-hydrogen) atoms. The summed E-state index contributed by atoms with van der Waals surface area (Å²) in [6.07, 6.45) is 3.39. The van der Waals surface area contributed by atoms with Crippen molar-refractivity contribution in [1.29, 1.82) is 0 Å². The number of oxime groups is 1. The topological polar surface area (TPSA) is 50.3 Å². The lowest BCUT2D eigenvalue weighted by molar-refractivity contribution is 0.234. The summed E-state index contributed by atoms with van der Waals surface area (Å²) in [5.41, 5.74) is 5.69. The van der Waals surface area contributed by atoms with Crippen LogP contribution in [0.1, 0.15) is 56.0 Å². The van der Waals surface area contributed by atoms with Crippen LogP contribution in [0.3, 0.4) is 0 Å². The van der Waals surface area contributed by atoms with Gasteiger partial charge in [-0.3, -0.25) is 0 Å². The molecule has 1 aliphatic carbocycles. The Kier molecular flexibility index (Phi) is 3.53. The van der Waals surface area contributed by atoms with E-state index in [2.05, 4.69) is 42.8 Å². The predicted molar refractivity (Wildman–Crippen MR) is 86.3 cm³/mol. The molecule has 110 valence electrons. The van der Waals surface area contributed by atoms with Gasteiger partial charge in [-0.25, -0.2) is 4.98 Å². The number of aromatic amines is 1. The number of nitrogens with zero attached hydrogens (tertiary/aromatic N) is 2. The number of benzene rings is 1. The molecule has 0 radical (unpaired) electrons. The van der Waals surface area contributed by atoms with Gasteiger partial charge in [0.25, 0.3) is 0 Å². The largest absolute Gasteiger partial charge is 0.362 e. The van der Waals surface area contributed by atoms with Crippen molar-refractivity contribution < 1.29 is 4.84 Å². The normalized spacial score (nSPS) is 16.0. The zero-order valence-electron chi connectivity index (χ0n) is 12.9. The van der Waals surface area contributed by atoms with Crippen LogP contribution < -0.4 is 0 Å². The molecule has 4 nitrogen and oxygen atoms in total. The molecule has 0 atom stereocenters. The Morgan fingerprint density at radius 3 is 2.86 bits per heavy atom. The Morgan fingerprint density at radius 2 is 2.24 bits per heavy atom. The molecule has 0 bridgehead atoms. The molecule has 3 rings (SSSR count). The van der Waals surface area contributed by atoms with Gasteiger partial charge in [-0.2, -0.15) is 0 Å². The van der Waals surface area contributed by atoms with E-state index < -0.39 is 0 Å². The molecule has 0 saturated heterocycles. The maximum absolute atomic E-state index is 5.22. The minimum Gasteiger partial charge on any atom is -0.362 e. The number of nitrogens with one attached hydrogen (secondary N) is 1. The third kappa shape index (κ3) is 2.58. The Balaban J connectivity index is 2.10. The van der Waals surface area contributed by atoms with E-state index in [4.69, 9.17) is 9.82 Å². The molecule has 1 fully saturated rings. The van der Waals surface area contributed by atoms with Crippen molar-refractivity contribution in [3.8, 4) is 0 Å². The van der Waals surface area contributed by atoms with Crippen LogP contribution in [0.25, 0.3) is 16.6 Å². The van der Waals surface area contributed by atoms with Crippen molar-refractivity contribution >= 4 is 23.3 Å². The van der Waals surface area contributed by atoms with Crippen LogP contribution in [0.4, 0.5) is 0 Å². The summed E-state index contributed by atoms with van der Waals surface area (Å²) < 4.78 is 0. The van der Waals surface area contributed by atoms with Gasteiger partial charge < -0.3 is 9.82 Å². The van der Waals surface area contributed by atoms with E-state index in [1.807, 2.05) is 6.92 Å². The molecule has 2 aromatic rings. The lowest BCUT2D eigenvalue weighted by atomic mass is 9.99. The monoisotopic (exact) mass is 283 g/mol. The molecule has 0 aliphatic heterocycles. The number of aromatic nitrogens is 2. The Bertz CT molecular complexity index is 723. The van der Waals surface area contributed by atoms with Gasteiger partial charge in [0.1, 0.15) is 11.6 Å². The summed E-state index contributed by atoms with van der Waals surface area (Å²) in [4.78, 5) is 13.5. The Morgan fingerprint density at radius 1 is 1.48 bits per heavy atom. The zero-order valence-corrected chi connectivity index (χ0v) is 12.9. The highest BCUT2D eigenvalue weighted by Crippen LogP contribution is 2.39. The van der Waals surface area contributed by atoms with Crippen molar-refractivity contribution in [2.24, 2.45) is 5.16 Å². The molecule has 1 aromatic heterocycles. The van der Waals surface area contributed by atoms with Crippen LogP contribution in [0.15, 0.2) is 23.0 Å². The number of hydrogen-bond acceptors (Lipinski definition) is 3. The van der Waals surface area contributed by atoms with E-state index in [1.54, 1.807) is 0 Å². The SMILES string of the molecule is C=NO/C(C)=C(\CC)c1cc(C)c2nc(C3CC3)[nH]c2c1. The highest BCUT2D eigenvalue weighted by atomic mass is 16.6. The molecule has 4 heteroatoms. The number of H-pyrrole nitrogens is 1. The van der Waals surface area contributed by atoms with E-state index in [9.17, 15) is 0 Å². The molecule has 0 spiro atoms. The summed E-state index contributed by atoms with van der Waals surface area (Å²) in [6.45, 7) is 9.54. The minimum atomic E-state index is 0.636. The molecular weight excluding hydrogens is 262 g/mol. The summed E-state index contributed by atoms with van der Waals surface area (Å²) in [5, 5.41) is 3.52. The third-order valence-electron chi connectivity index (χ3n) is 4.09. The summed E-state index contributed by atoms with van der Waals surface area (Å²) >= 11 is 0. The second-order valence-corrected chi connectivity index (χ2v) is 5.69. The maximum atomic E-state index is 5.22. The first kappa shape index (κ1) is 13.9. The van der Waals surface area contributed by atoms with E-state index in [0.29, 0.717) is 5.92 Å². The molecule has 1 heterocycles. The van der Waals surface area contributed by atoms with E-state index in [-0.39, 0.29) is 0 Å². The molecule has 1 N–H and O–H groups in total. The number of fused-ring (bicyclic) bond motifs is 1. The van der Waals surface area contributed by atoms with Crippen LogP contribution in [-0.4, -0.2) is 16.7 Å². The van der Waals surface area contributed by atoms with Gasteiger partial charge in [-0.1, -0.05) is 12.1 Å². The fourth-order valence-corrected chi connectivity index (χ4v) is 2.84. The third-order valence-corrected chi connectivity index (χ3v) is 4.09. The van der Waals surface area contributed by atoms with Crippen molar-refractivity contribution in [2.75, 3.05) is 0 Å². The Labute approximate surface area is 124 Å².